The fourth-order valence-electron chi connectivity index (χ4n) is 2.47. The van der Waals surface area contributed by atoms with Gasteiger partial charge in [-0.15, -0.1) is 0 Å². The molecule has 26 heavy (non-hydrogen) atoms. The fraction of sp³-hybridized carbons (Fsp3) is 0.105. The second-order valence-electron chi connectivity index (χ2n) is 5.66. The Balaban J connectivity index is 2.06. The van der Waals surface area contributed by atoms with E-state index in [-0.39, 0.29) is 16.9 Å². The summed E-state index contributed by atoms with van der Waals surface area (Å²) in [6.07, 6.45) is -0.0648. The SMILES string of the molecule is Cc1ccncc1-c1cc(C(=O)Nc2ccccn2)cc(C(F)(F)F)c1. The van der Waals surface area contributed by atoms with E-state index in [1.807, 2.05) is 0 Å². The molecule has 132 valence electrons. The van der Waals surface area contributed by atoms with Gasteiger partial charge in [0.2, 0.25) is 0 Å². The van der Waals surface area contributed by atoms with Crippen LogP contribution in [-0.4, -0.2) is 15.9 Å². The predicted octanol–water partition coefficient (Wildman–Crippen LogP) is 4.72. The summed E-state index contributed by atoms with van der Waals surface area (Å²) in [4.78, 5) is 20.3. The van der Waals surface area contributed by atoms with Crippen LogP contribution < -0.4 is 5.32 Å². The van der Waals surface area contributed by atoms with Crippen LogP contribution in [0.15, 0.2) is 61.1 Å². The van der Waals surface area contributed by atoms with Crippen molar-refractivity contribution in [3.8, 4) is 11.1 Å². The van der Waals surface area contributed by atoms with E-state index in [0.29, 0.717) is 5.56 Å². The Morgan fingerprint density at radius 3 is 2.54 bits per heavy atom. The molecule has 4 nitrogen and oxygen atoms in total. The standard InChI is InChI=1S/C19H14F3N3O/c1-12-5-7-23-11-16(12)13-8-14(10-15(9-13)19(20,21)22)18(26)25-17-4-2-3-6-24-17/h2-11H,1H3,(H,24,25,26). The van der Waals surface area contributed by atoms with E-state index < -0.39 is 17.6 Å². The second kappa shape index (κ2) is 6.95. The first-order chi connectivity index (χ1) is 12.3. The zero-order valence-corrected chi connectivity index (χ0v) is 13.7. The summed E-state index contributed by atoms with van der Waals surface area (Å²) in [5, 5.41) is 2.50. The topological polar surface area (TPSA) is 54.9 Å². The van der Waals surface area contributed by atoms with E-state index in [0.717, 1.165) is 17.7 Å². The van der Waals surface area contributed by atoms with Gasteiger partial charge in [0.25, 0.3) is 5.91 Å². The van der Waals surface area contributed by atoms with Crippen molar-refractivity contribution >= 4 is 11.7 Å². The number of nitrogens with one attached hydrogen (secondary N) is 1. The summed E-state index contributed by atoms with van der Waals surface area (Å²) in [6, 6.07) is 9.84. The van der Waals surface area contributed by atoms with Gasteiger partial charge < -0.3 is 5.32 Å². The molecule has 0 atom stereocenters. The zero-order valence-electron chi connectivity index (χ0n) is 13.7. The van der Waals surface area contributed by atoms with Crippen molar-refractivity contribution in [2.45, 2.75) is 13.1 Å². The molecule has 3 aromatic rings. The second-order valence-corrected chi connectivity index (χ2v) is 5.66. The van der Waals surface area contributed by atoms with Crippen molar-refractivity contribution in [3.63, 3.8) is 0 Å². The van der Waals surface area contributed by atoms with Gasteiger partial charge in [-0.25, -0.2) is 4.98 Å². The Kier molecular flexibility index (Phi) is 4.71. The van der Waals surface area contributed by atoms with Crippen LogP contribution in [-0.2, 0) is 6.18 Å². The Labute approximate surface area is 147 Å². The van der Waals surface area contributed by atoms with Crippen molar-refractivity contribution in [1.82, 2.24) is 9.97 Å². The fourth-order valence-corrected chi connectivity index (χ4v) is 2.47. The van der Waals surface area contributed by atoms with Crippen LogP contribution >= 0.6 is 0 Å². The number of alkyl halides is 3. The van der Waals surface area contributed by atoms with Gasteiger partial charge in [-0.1, -0.05) is 6.07 Å². The van der Waals surface area contributed by atoms with Crippen molar-refractivity contribution in [2.24, 2.45) is 0 Å². The van der Waals surface area contributed by atoms with Crippen molar-refractivity contribution in [1.29, 1.82) is 0 Å². The lowest BCUT2D eigenvalue weighted by molar-refractivity contribution is -0.137. The predicted molar refractivity (Wildman–Crippen MR) is 91.6 cm³/mol. The number of carbonyl (C=O) groups is 1. The lowest BCUT2D eigenvalue weighted by atomic mass is 9.97. The highest BCUT2D eigenvalue weighted by Crippen LogP contribution is 2.34. The number of hydrogen-bond acceptors (Lipinski definition) is 3. The molecule has 0 aliphatic carbocycles. The molecular formula is C19H14F3N3O. The molecule has 2 aromatic heterocycles. The molecule has 0 bridgehead atoms. The zero-order chi connectivity index (χ0) is 18.7. The van der Waals surface area contributed by atoms with Gasteiger partial charge >= 0.3 is 6.18 Å². The van der Waals surface area contributed by atoms with E-state index in [1.54, 1.807) is 37.4 Å². The lowest BCUT2D eigenvalue weighted by Gasteiger charge is -2.13. The van der Waals surface area contributed by atoms with Crippen LogP contribution in [0.1, 0.15) is 21.5 Å². The molecule has 0 unspecified atom stereocenters. The highest BCUT2D eigenvalue weighted by molar-refractivity contribution is 6.04. The molecule has 0 aliphatic heterocycles. The van der Waals surface area contributed by atoms with Gasteiger partial charge in [0.15, 0.2) is 0 Å². The Morgan fingerprint density at radius 2 is 1.88 bits per heavy atom. The van der Waals surface area contributed by atoms with Gasteiger partial charge in [0, 0.05) is 29.7 Å². The number of aromatic nitrogens is 2. The van der Waals surface area contributed by atoms with Crippen LogP contribution in [0.2, 0.25) is 0 Å². The number of anilines is 1. The van der Waals surface area contributed by atoms with Crippen LogP contribution in [0.4, 0.5) is 19.0 Å². The maximum atomic E-state index is 13.3. The van der Waals surface area contributed by atoms with Crippen LogP contribution in [0.5, 0.6) is 0 Å². The van der Waals surface area contributed by atoms with Gasteiger partial charge in [-0.05, 0) is 54.4 Å². The minimum Gasteiger partial charge on any atom is -0.307 e. The first-order valence-electron chi connectivity index (χ1n) is 7.70. The van der Waals surface area contributed by atoms with Crippen molar-refractivity contribution < 1.29 is 18.0 Å². The molecule has 2 heterocycles. The minimum atomic E-state index is -4.58. The van der Waals surface area contributed by atoms with Gasteiger partial charge in [0.05, 0.1) is 5.56 Å². The number of nitrogens with zero attached hydrogens (tertiary/aromatic N) is 2. The molecule has 0 fully saturated rings. The number of rotatable bonds is 3. The maximum absolute atomic E-state index is 13.3. The van der Waals surface area contributed by atoms with E-state index >= 15 is 0 Å². The normalized spacial score (nSPS) is 11.2. The summed E-state index contributed by atoms with van der Waals surface area (Å²) in [5.41, 5.74) is 0.561. The molecule has 0 saturated heterocycles. The number of amides is 1. The summed E-state index contributed by atoms with van der Waals surface area (Å²) in [6.45, 7) is 1.77. The quantitative estimate of drug-likeness (QED) is 0.738. The number of pyridine rings is 2. The lowest BCUT2D eigenvalue weighted by Crippen LogP contribution is -2.15. The third kappa shape index (κ3) is 3.88. The Hall–Kier alpha value is -3.22. The number of benzene rings is 1. The van der Waals surface area contributed by atoms with Gasteiger partial charge in [-0.3, -0.25) is 9.78 Å². The van der Waals surface area contributed by atoms with Crippen LogP contribution in [0.25, 0.3) is 11.1 Å². The smallest absolute Gasteiger partial charge is 0.307 e. The molecule has 0 saturated carbocycles. The van der Waals surface area contributed by atoms with Gasteiger partial charge in [0.1, 0.15) is 5.82 Å². The van der Waals surface area contributed by atoms with E-state index in [2.05, 4.69) is 15.3 Å². The highest BCUT2D eigenvalue weighted by atomic mass is 19.4. The average Bonchev–Trinajstić information content (AvgIpc) is 2.62. The van der Waals surface area contributed by atoms with Crippen LogP contribution in [0, 0.1) is 6.92 Å². The molecule has 0 aliphatic rings. The summed E-state index contributed by atoms with van der Waals surface area (Å²) in [7, 11) is 0. The van der Waals surface area contributed by atoms with Crippen molar-refractivity contribution in [2.75, 3.05) is 5.32 Å². The number of halogens is 3. The molecular weight excluding hydrogens is 343 g/mol. The number of carbonyl (C=O) groups excluding carboxylic acids is 1. The first kappa shape index (κ1) is 17.6. The highest BCUT2D eigenvalue weighted by Gasteiger charge is 2.32. The van der Waals surface area contributed by atoms with E-state index in [4.69, 9.17) is 0 Å². The number of hydrogen-bond donors (Lipinski definition) is 1. The monoisotopic (exact) mass is 357 g/mol. The molecule has 1 amide bonds. The minimum absolute atomic E-state index is 0.108. The molecule has 7 heteroatoms. The summed E-state index contributed by atoms with van der Waals surface area (Å²) < 4.78 is 39.9. The largest absolute Gasteiger partial charge is 0.416 e. The van der Waals surface area contributed by atoms with Crippen molar-refractivity contribution in [3.05, 3.63) is 77.7 Å². The molecule has 1 aromatic carbocycles. The third-order valence-electron chi connectivity index (χ3n) is 3.78. The Morgan fingerprint density at radius 1 is 1.08 bits per heavy atom. The van der Waals surface area contributed by atoms with E-state index in [9.17, 15) is 18.0 Å². The van der Waals surface area contributed by atoms with E-state index in [1.165, 1.54) is 18.5 Å². The Bertz CT molecular complexity index is 940. The van der Waals surface area contributed by atoms with Gasteiger partial charge in [-0.2, -0.15) is 13.2 Å². The molecule has 1 N–H and O–H groups in total. The summed E-state index contributed by atoms with van der Waals surface area (Å²) in [5.74, 6) is -0.411. The molecule has 0 spiro atoms. The first-order valence-corrected chi connectivity index (χ1v) is 7.70. The molecule has 0 radical (unpaired) electrons. The number of aryl methyl sites for hydroxylation is 1. The maximum Gasteiger partial charge on any atom is 0.416 e. The average molecular weight is 357 g/mol. The molecule has 3 rings (SSSR count). The third-order valence-corrected chi connectivity index (χ3v) is 3.78. The van der Waals surface area contributed by atoms with Crippen LogP contribution in [0.3, 0.4) is 0 Å². The summed E-state index contributed by atoms with van der Waals surface area (Å²) >= 11 is 0.